The molecule has 0 amide bonds. The van der Waals surface area contributed by atoms with E-state index in [0.29, 0.717) is 11.0 Å². The van der Waals surface area contributed by atoms with Crippen LogP contribution in [0.5, 0.6) is 0 Å². The van der Waals surface area contributed by atoms with Crippen LogP contribution in [0.3, 0.4) is 0 Å². The molecule has 4 rings (SSSR count). The van der Waals surface area contributed by atoms with E-state index >= 15 is 0 Å². The van der Waals surface area contributed by atoms with Crippen LogP contribution in [0.25, 0.3) is 27.9 Å². The summed E-state index contributed by atoms with van der Waals surface area (Å²) in [6.45, 7) is 3.67. The average Bonchev–Trinajstić information content (AvgIpc) is 2.96. The Labute approximate surface area is 145 Å². The van der Waals surface area contributed by atoms with Crippen LogP contribution in [0.15, 0.2) is 84.3 Å². The standard InChI is InChI=1S/C20H15NO3S/c1-2-15-11-13-16(14-12-15)25(22,23)24-21-19-9-5-3-7-17(19)18-8-4-6-10-20(18)21/h2-14H,1H2. The van der Waals surface area contributed by atoms with Crippen molar-refractivity contribution >= 4 is 38.0 Å². The van der Waals surface area contributed by atoms with Crippen molar-refractivity contribution in [2.75, 3.05) is 0 Å². The molecule has 3 aromatic carbocycles. The summed E-state index contributed by atoms with van der Waals surface area (Å²) in [4.78, 5) is 0.0972. The lowest BCUT2D eigenvalue weighted by atomic mass is 10.2. The van der Waals surface area contributed by atoms with Crippen molar-refractivity contribution < 1.29 is 12.7 Å². The van der Waals surface area contributed by atoms with Crippen molar-refractivity contribution in [2.45, 2.75) is 4.90 Å². The summed E-state index contributed by atoms with van der Waals surface area (Å²) < 4.78 is 32.3. The molecule has 0 unspecified atom stereocenters. The van der Waals surface area contributed by atoms with Gasteiger partial charge in [0.05, 0.1) is 11.0 Å². The van der Waals surface area contributed by atoms with Crippen LogP contribution in [0, 0.1) is 0 Å². The molecule has 1 aromatic heterocycles. The minimum Gasteiger partial charge on any atom is -0.283 e. The Balaban J connectivity index is 1.87. The van der Waals surface area contributed by atoms with E-state index in [1.165, 1.54) is 16.9 Å². The van der Waals surface area contributed by atoms with Crippen LogP contribution >= 0.6 is 0 Å². The number of benzene rings is 3. The minimum absolute atomic E-state index is 0.0972. The molecular formula is C20H15NO3S. The first-order valence-corrected chi connectivity index (χ1v) is 9.17. The zero-order chi connectivity index (χ0) is 17.4. The third-order valence-electron chi connectivity index (χ3n) is 4.11. The minimum atomic E-state index is -3.96. The van der Waals surface area contributed by atoms with Gasteiger partial charge in [-0.25, -0.2) is 0 Å². The van der Waals surface area contributed by atoms with Crippen LogP contribution in [-0.2, 0) is 10.1 Å². The topological polar surface area (TPSA) is 48.3 Å². The number of aromatic nitrogens is 1. The second-order valence-electron chi connectivity index (χ2n) is 5.63. The number of nitrogens with zero attached hydrogens (tertiary/aromatic N) is 1. The maximum atomic E-state index is 12.7. The fourth-order valence-electron chi connectivity index (χ4n) is 2.88. The number of fused-ring (bicyclic) bond motifs is 3. The fraction of sp³-hybridized carbons (Fsp3) is 0. The second kappa shape index (κ2) is 5.79. The lowest BCUT2D eigenvalue weighted by Crippen LogP contribution is -2.20. The molecule has 0 fully saturated rings. The van der Waals surface area contributed by atoms with Gasteiger partial charge >= 0.3 is 10.1 Å². The summed E-state index contributed by atoms with van der Waals surface area (Å²) in [5.41, 5.74) is 2.25. The van der Waals surface area contributed by atoms with E-state index in [1.54, 1.807) is 18.2 Å². The predicted octanol–water partition coefficient (Wildman–Crippen LogP) is 4.26. The van der Waals surface area contributed by atoms with Gasteiger partial charge in [0.1, 0.15) is 4.90 Å². The van der Waals surface area contributed by atoms with E-state index in [4.69, 9.17) is 4.28 Å². The zero-order valence-electron chi connectivity index (χ0n) is 13.3. The Hall–Kier alpha value is -3.05. The van der Waals surface area contributed by atoms with Gasteiger partial charge in [-0.1, -0.05) is 61.2 Å². The molecule has 25 heavy (non-hydrogen) atoms. The van der Waals surface area contributed by atoms with E-state index < -0.39 is 10.1 Å². The Morgan fingerprint density at radius 3 is 1.84 bits per heavy atom. The van der Waals surface area contributed by atoms with Gasteiger partial charge < -0.3 is 0 Å². The predicted molar refractivity (Wildman–Crippen MR) is 99.7 cm³/mol. The first-order chi connectivity index (χ1) is 12.1. The normalized spacial score (nSPS) is 11.7. The molecule has 124 valence electrons. The van der Waals surface area contributed by atoms with Crippen LogP contribution in [-0.4, -0.2) is 13.1 Å². The molecule has 4 aromatic rings. The molecule has 0 radical (unpaired) electrons. The van der Waals surface area contributed by atoms with Crippen molar-refractivity contribution in [1.82, 2.24) is 4.73 Å². The SMILES string of the molecule is C=Cc1ccc(S(=O)(=O)On2c3ccccc3c3ccccc32)cc1. The van der Waals surface area contributed by atoms with Gasteiger partial charge in [-0.2, -0.15) is 13.1 Å². The summed E-state index contributed by atoms with van der Waals surface area (Å²) >= 11 is 0. The van der Waals surface area contributed by atoms with Crippen molar-refractivity contribution in [3.63, 3.8) is 0 Å². The number of hydrogen-bond acceptors (Lipinski definition) is 3. The maximum Gasteiger partial charge on any atom is 0.357 e. The Morgan fingerprint density at radius 2 is 1.32 bits per heavy atom. The summed E-state index contributed by atoms with van der Waals surface area (Å²) in [6, 6.07) is 21.5. The molecule has 0 spiro atoms. The molecule has 0 saturated heterocycles. The molecular weight excluding hydrogens is 334 g/mol. The Morgan fingerprint density at radius 1 is 0.800 bits per heavy atom. The smallest absolute Gasteiger partial charge is 0.283 e. The third kappa shape index (κ3) is 2.58. The molecule has 0 bridgehead atoms. The first-order valence-electron chi connectivity index (χ1n) is 7.76. The van der Waals surface area contributed by atoms with Gasteiger partial charge in [0.2, 0.25) is 0 Å². The third-order valence-corrected chi connectivity index (χ3v) is 5.31. The van der Waals surface area contributed by atoms with Gasteiger partial charge in [0.15, 0.2) is 0 Å². The molecule has 0 aliphatic heterocycles. The van der Waals surface area contributed by atoms with Gasteiger partial charge in [0, 0.05) is 10.8 Å². The maximum absolute atomic E-state index is 12.7. The van der Waals surface area contributed by atoms with Gasteiger partial charge in [-0.05, 0) is 29.8 Å². The summed E-state index contributed by atoms with van der Waals surface area (Å²) in [7, 11) is -3.96. The highest BCUT2D eigenvalue weighted by Crippen LogP contribution is 2.28. The molecule has 0 saturated carbocycles. The average molecular weight is 349 g/mol. The zero-order valence-corrected chi connectivity index (χ0v) is 14.1. The molecule has 0 atom stereocenters. The van der Waals surface area contributed by atoms with Gasteiger partial charge in [0.25, 0.3) is 0 Å². The highest BCUT2D eigenvalue weighted by Gasteiger charge is 2.20. The summed E-state index contributed by atoms with van der Waals surface area (Å²) in [5.74, 6) is 0. The van der Waals surface area contributed by atoms with E-state index in [0.717, 1.165) is 16.3 Å². The summed E-state index contributed by atoms with van der Waals surface area (Å²) in [5, 5.41) is 1.88. The van der Waals surface area contributed by atoms with Gasteiger partial charge in [-0.3, -0.25) is 4.28 Å². The largest absolute Gasteiger partial charge is 0.357 e. The van der Waals surface area contributed by atoms with Crippen LogP contribution < -0.4 is 4.28 Å². The van der Waals surface area contributed by atoms with Crippen molar-refractivity contribution in [2.24, 2.45) is 0 Å². The van der Waals surface area contributed by atoms with Crippen LogP contribution in [0.4, 0.5) is 0 Å². The van der Waals surface area contributed by atoms with E-state index in [-0.39, 0.29) is 4.90 Å². The molecule has 0 aliphatic rings. The van der Waals surface area contributed by atoms with E-state index in [1.807, 2.05) is 48.5 Å². The second-order valence-corrected chi connectivity index (χ2v) is 7.16. The quantitative estimate of drug-likeness (QED) is 0.553. The van der Waals surface area contributed by atoms with Crippen LogP contribution in [0.1, 0.15) is 5.56 Å². The number of rotatable bonds is 4. The molecule has 1 heterocycles. The van der Waals surface area contributed by atoms with Crippen LogP contribution in [0.2, 0.25) is 0 Å². The highest BCUT2D eigenvalue weighted by molar-refractivity contribution is 7.87. The van der Waals surface area contributed by atoms with E-state index in [2.05, 4.69) is 6.58 Å². The van der Waals surface area contributed by atoms with Gasteiger partial charge in [-0.15, -0.1) is 0 Å². The number of hydrogen-bond donors (Lipinski definition) is 0. The Kier molecular flexibility index (Phi) is 3.58. The van der Waals surface area contributed by atoms with Crippen molar-refractivity contribution in [1.29, 1.82) is 0 Å². The summed E-state index contributed by atoms with van der Waals surface area (Å²) in [6.07, 6.45) is 1.66. The van der Waals surface area contributed by atoms with Crippen molar-refractivity contribution in [3.8, 4) is 0 Å². The fourth-order valence-corrected chi connectivity index (χ4v) is 3.79. The molecule has 0 N–H and O–H groups in total. The molecule has 5 heteroatoms. The first kappa shape index (κ1) is 15.5. The monoisotopic (exact) mass is 349 g/mol. The lowest BCUT2D eigenvalue weighted by Gasteiger charge is -2.10. The lowest BCUT2D eigenvalue weighted by molar-refractivity contribution is 0.305. The number of para-hydroxylation sites is 2. The van der Waals surface area contributed by atoms with E-state index in [9.17, 15) is 8.42 Å². The van der Waals surface area contributed by atoms with Crippen molar-refractivity contribution in [3.05, 3.63) is 84.9 Å². The molecule has 0 aliphatic carbocycles. The Bertz CT molecular complexity index is 1140. The molecule has 4 nitrogen and oxygen atoms in total. The highest BCUT2D eigenvalue weighted by atomic mass is 32.2.